The summed E-state index contributed by atoms with van der Waals surface area (Å²) in [6.07, 6.45) is 8.37. The summed E-state index contributed by atoms with van der Waals surface area (Å²) in [5, 5.41) is 5.32. The maximum absolute atomic E-state index is 11.6. The molecule has 7 heteroatoms. The van der Waals surface area contributed by atoms with Crippen molar-refractivity contribution in [1.82, 2.24) is 14.9 Å². The molecule has 2 aromatic heterocycles. The van der Waals surface area contributed by atoms with Gasteiger partial charge in [0.05, 0.1) is 6.61 Å². The topological polar surface area (TPSA) is 70.6 Å². The van der Waals surface area contributed by atoms with E-state index in [1.807, 2.05) is 24.5 Å². The molecular weight excluding hydrogens is 414 g/mol. The third-order valence-corrected chi connectivity index (χ3v) is 6.54. The second kappa shape index (κ2) is 10.2. The van der Waals surface area contributed by atoms with E-state index >= 15 is 0 Å². The van der Waals surface area contributed by atoms with Crippen LogP contribution in [0.4, 0.5) is 11.5 Å². The average Bonchev–Trinajstić information content (AvgIpc) is 3.09. The number of hydrogen-bond donors (Lipinski definition) is 1. The molecule has 172 valence electrons. The molecule has 2 aliphatic rings. The van der Waals surface area contributed by atoms with Gasteiger partial charge in [0.2, 0.25) is 11.8 Å². The predicted octanol–water partition coefficient (Wildman–Crippen LogP) is 3.89. The number of benzene rings is 1. The van der Waals surface area contributed by atoms with Gasteiger partial charge in [0.1, 0.15) is 5.82 Å². The molecule has 0 radical (unpaired) electrons. The van der Waals surface area contributed by atoms with Gasteiger partial charge in [-0.2, -0.15) is 4.98 Å². The Bertz CT molecular complexity index is 1110. The molecule has 2 aliphatic heterocycles. The van der Waals surface area contributed by atoms with Gasteiger partial charge in [-0.05, 0) is 67.9 Å². The van der Waals surface area contributed by atoms with E-state index in [1.54, 1.807) is 0 Å². The molecule has 0 unspecified atom stereocenters. The molecule has 1 saturated heterocycles. The number of rotatable bonds is 7. The number of aromatic nitrogens is 2. The van der Waals surface area contributed by atoms with Crippen LogP contribution < -0.4 is 15.0 Å². The van der Waals surface area contributed by atoms with Gasteiger partial charge in [0.25, 0.3) is 0 Å². The molecule has 0 spiro atoms. The summed E-state index contributed by atoms with van der Waals surface area (Å²) in [7, 11) is 0. The third kappa shape index (κ3) is 5.25. The van der Waals surface area contributed by atoms with Crippen LogP contribution in [-0.2, 0) is 11.2 Å². The number of carbonyl (C=O) groups excluding carboxylic acids is 1. The molecule has 0 bridgehead atoms. The lowest BCUT2D eigenvalue weighted by Crippen LogP contribution is -2.31. The molecule has 33 heavy (non-hydrogen) atoms. The van der Waals surface area contributed by atoms with Crippen molar-refractivity contribution in [3.8, 4) is 5.88 Å². The van der Waals surface area contributed by atoms with Crippen LogP contribution in [-0.4, -0.2) is 60.1 Å². The second-order valence-corrected chi connectivity index (χ2v) is 8.82. The number of hydrogen-bond acceptors (Lipinski definition) is 6. The Morgan fingerprint density at radius 2 is 1.97 bits per heavy atom. The molecule has 3 aromatic rings. The first-order chi connectivity index (χ1) is 16.3. The minimum atomic E-state index is 0.0280. The van der Waals surface area contributed by atoms with Crippen LogP contribution in [0.3, 0.4) is 0 Å². The number of nitrogens with zero attached hydrogens (tertiary/aromatic N) is 4. The Morgan fingerprint density at radius 3 is 2.94 bits per heavy atom. The van der Waals surface area contributed by atoms with Crippen LogP contribution in [0, 0.1) is 0 Å². The molecule has 7 nitrogen and oxygen atoms in total. The van der Waals surface area contributed by atoms with Gasteiger partial charge in [-0.15, -0.1) is 0 Å². The lowest BCUT2D eigenvalue weighted by Gasteiger charge is -2.25. The van der Waals surface area contributed by atoms with Crippen LogP contribution in [0.2, 0.25) is 0 Å². The van der Waals surface area contributed by atoms with E-state index in [1.165, 1.54) is 16.5 Å². The van der Waals surface area contributed by atoms with Gasteiger partial charge in [-0.1, -0.05) is 12.1 Å². The van der Waals surface area contributed by atoms with E-state index in [9.17, 15) is 4.79 Å². The molecular formula is C26H31N5O2. The lowest BCUT2D eigenvalue weighted by molar-refractivity contribution is -0.116. The van der Waals surface area contributed by atoms with Crippen molar-refractivity contribution in [3.05, 3.63) is 54.4 Å². The molecule has 0 saturated carbocycles. The fraction of sp³-hybridized carbons (Fsp3) is 0.423. The summed E-state index contributed by atoms with van der Waals surface area (Å²) >= 11 is 0. The van der Waals surface area contributed by atoms with Gasteiger partial charge >= 0.3 is 0 Å². The zero-order chi connectivity index (χ0) is 22.5. The molecule has 5 rings (SSSR count). The maximum atomic E-state index is 11.6. The van der Waals surface area contributed by atoms with E-state index in [-0.39, 0.29) is 5.91 Å². The van der Waals surface area contributed by atoms with Gasteiger partial charge in [-0.25, -0.2) is 0 Å². The van der Waals surface area contributed by atoms with Crippen LogP contribution in [0.5, 0.6) is 5.88 Å². The Hall–Kier alpha value is -3.19. The Labute approximate surface area is 194 Å². The summed E-state index contributed by atoms with van der Waals surface area (Å²) in [6.45, 7) is 6.05. The van der Waals surface area contributed by atoms with E-state index in [4.69, 9.17) is 4.74 Å². The van der Waals surface area contributed by atoms with Crippen LogP contribution >= 0.6 is 0 Å². The number of carbonyl (C=O) groups is 1. The first-order valence-corrected chi connectivity index (χ1v) is 12.0. The van der Waals surface area contributed by atoms with E-state index < -0.39 is 0 Å². The number of pyridine rings is 2. The molecule has 4 heterocycles. The van der Waals surface area contributed by atoms with Crippen molar-refractivity contribution in [2.75, 3.05) is 49.5 Å². The average molecular weight is 446 g/mol. The van der Waals surface area contributed by atoms with Gasteiger partial charge in [0.15, 0.2) is 0 Å². The molecule has 0 atom stereocenters. The molecule has 1 amide bonds. The van der Waals surface area contributed by atoms with Crippen LogP contribution in [0.15, 0.2) is 48.8 Å². The monoisotopic (exact) mass is 445 g/mol. The summed E-state index contributed by atoms with van der Waals surface area (Å²) < 4.78 is 5.84. The highest BCUT2D eigenvalue weighted by Gasteiger charge is 2.18. The highest BCUT2D eigenvalue weighted by molar-refractivity contribution is 5.94. The largest absolute Gasteiger partial charge is 0.478 e. The number of unbranched alkanes of at least 4 members (excludes halogenated alkanes) is 1. The molecule has 1 aromatic carbocycles. The minimum Gasteiger partial charge on any atom is -0.478 e. The van der Waals surface area contributed by atoms with E-state index in [0.29, 0.717) is 24.7 Å². The summed E-state index contributed by atoms with van der Waals surface area (Å²) in [5.41, 5.74) is 2.38. The first kappa shape index (κ1) is 21.6. The molecule has 1 fully saturated rings. The fourth-order valence-electron chi connectivity index (χ4n) is 4.73. The van der Waals surface area contributed by atoms with Gasteiger partial charge < -0.3 is 19.9 Å². The van der Waals surface area contributed by atoms with E-state index in [2.05, 4.69) is 49.4 Å². The van der Waals surface area contributed by atoms with Gasteiger partial charge in [-0.3, -0.25) is 9.78 Å². The molecule has 1 N–H and O–H groups in total. The Kier molecular flexibility index (Phi) is 6.67. The Morgan fingerprint density at radius 1 is 1.00 bits per heavy atom. The number of fused-ring (bicyclic) bond motifs is 2. The second-order valence-electron chi connectivity index (χ2n) is 8.82. The number of nitrogens with one attached hydrogen (secondary N) is 1. The molecule has 0 aliphatic carbocycles. The first-order valence-electron chi connectivity index (χ1n) is 12.0. The SMILES string of the molecule is O=C1CCc2ccc(OCCCCN3CCCN(c4cccc5ccncc45)CC3)nc2N1. The standard InChI is InChI=1S/C26H31N5O2/c32-24-9-7-21-8-10-25(29-26(21)28-24)33-18-2-1-13-30-14-4-15-31(17-16-30)23-6-3-5-20-11-12-27-19-22(20)23/h3,5-6,8,10-12,19H,1-2,4,7,9,13-18H2,(H,28,29,32). The smallest absolute Gasteiger partial charge is 0.225 e. The third-order valence-electron chi connectivity index (χ3n) is 6.54. The highest BCUT2D eigenvalue weighted by atomic mass is 16.5. The minimum absolute atomic E-state index is 0.0280. The normalized spacial score (nSPS) is 16.8. The number of ether oxygens (including phenoxy) is 1. The number of amides is 1. The fourth-order valence-corrected chi connectivity index (χ4v) is 4.73. The Balaban J connectivity index is 1.07. The zero-order valence-electron chi connectivity index (χ0n) is 19.0. The summed E-state index contributed by atoms with van der Waals surface area (Å²) in [5.74, 6) is 1.27. The number of anilines is 2. The lowest BCUT2D eigenvalue weighted by atomic mass is 10.1. The van der Waals surface area contributed by atoms with Crippen molar-refractivity contribution < 1.29 is 9.53 Å². The van der Waals surface area contributed by atoms with Crippen molar-refractivity contribution in [2.24, 2.45) is 0 Å². The van der Waals surface area contributed by atoms with Crippen molar-refractivity contribution in [1.29, 1.82) is 0 Å². The van der Waals surface area contributed by atoms with Crippen LogP contribution in [0.25, 0.3) is 10.8 Å². The van der Waals surface area contributed by atoms with E-state index in [0.717, 1.165) is 64.0 Å². The predicted molar refractivity (Wildman–Crippen MR) is 131 cm³/mol. The highest BCUT2D eigenvalue weighted by Crippen LogP contribution is 2.27. The van der Waals surface area contributed by atoms with Crippen molar-refractivity contribution in [2.45, 2.75) is 32.1 Å². The van der Waals surface area contributed by atoms with Crippen LogP contribution in [0.1, 0.15) is 31.2 Å². The number of aryl methyl sites for hydroxylation is 1. The van der Waals surface area contributed by atoms with Crippen molar-refractivity contribution >= 4 is 28.2 Å². The van der Waals surface area contributed by atoms with Gasteiger partial charge in [0, 0.05) is 55.6 Å². The summed E-state index contributed by atoms with van der Waals surface area (Å²) in [6, 6.07) is 12.5. The zero-order valence-corrected chi connectivity index (χ0v) is 19.0. The quantitative estimate of drug-likeness (QED) is 0.557. The maximum Gasteiger partial charge on any atom is 0.225 e. The van der Waals surface area contributed by atoms with Crippen molar-refractivity contribution in [3.63, 3.8) is 0 Å². The summed E-state index contributed by atoms with van der Waals surface area (Å²) in [4.78, 5) is 25.4.